The maximum absolute atomic E-state index is 6.12. The molecule has 0 aromatic heterocycles. The van der Waals surface area contributed by atoms with E-state index in [0.29, 0.717) is 11.8 Å². The van der Waals surface area contributed by atoms with Crippen LogP contribution in [-0.4, -0.2) is 24.2 Å². The predicted octanol–water partition coefficient (Wildman–Crippen LogP) is -0.884. The summed E-state index contributed by atoms with van der Waals surface area (Å²) in [6, 6.07) is 0.593. The fraction of sp³-hybridized carbons (Fsp3) is 1.00. The van der Waals surface area contributed by atoms with E-state index < -0.39 is 0 Å². The van der Waals surface area contributed by atoms with Gasteiger partial charge in [0.25, 0.3) is 0 Å². The summed E-state index contributed by atoms with van der Waals surface area (Å²) in [5.74, 6) is 1.02. The molecule has 0 amide bonds. The van der Waals surface area contributed by atoms with Gasteiger partial charge in [-0.1, -0.05) is 0 Å². The summed E-state index contributed by atoms with van der Waals surface area (Å²) < 4.78 is 0. The number of rotatable bonds is 0. The van der Waals surface area contributed by atoms with Gasteiger partial charge in [0.1, 0.15) is 0 Å². The van der Waals surface area contributed by atoms with E-state index in [2.05, 4.69) is 0 Å². The van der Waals surface area contributed by atoms with Crippen molar-refractivity contribution < 1.29 is 0 Å². The lowest BCUT2D eigenvalue weighted by Gasteiger charge is -2.47. The zero-order valence-corrected chi connectivity index (χ0v) is 8.60. The molecule has 0 aromatic carbocycles. The van der Waals surface area contributed by atoms with Crippen LogP contribution in [0, 0.1) is 11.8 Å². The van der Waals surface area contributed by atoms with Crippen LogP contribution in [0.3, 0.4) is 0 Å². The topological polar surface area (TPSA) is 104 Å². The minimum Gasteiger partial charge on any atom is -0.326 e. The molecule has 0 radical (unpaired) electrons. The molecule has 0 aliphatic heterocycles. The molecular weight excluding hydrogens is 176 g/mol. The summed E-state index contributed by atoms with van der Waals surface area (Å²) >= 11 is 0. The third-order valence-electron chi connectivity index (χ3n) is 4.19. The molecular formula is C10H22N4. The number of nitrogens with two attached hydrogens (primary N) is 4. The van der Waals surface area contributed by atoms with Gasteiger partial charge in [-0.05, 0) is 37.5 Å². The van der Waals surface area contributed by atoms with Crippen molar-refractivity contribution in [3.05, 3.63) is 0 Å². The maximum Gasteiger partial charge on any atom is 0.0224 e. The Bertz CT molecular complexity index is 186. The third-order valence-corrected chi connectivity index (χ3v) is 4.19. The van der Waals surface area contributed by atoms with Gasteiger partial charge < -0.3 is 22.9 Å². The first-order chi connectivity index (χ1) is 6.61. The Labute approximate surface area is 85.4 Å². The molecule has 0 bridgehead atoms. The largest absolute Gasteiger partial charge is 0.326 e. The van der Waals surface area contributed by atoms with E-state index in [9.17, 15) is 0 Å². The van der Waals surface area contributed by atoms with Gasteiger partial charge >= 0.3 is 0 Å². The Morgan fingerprint density at radius 1 is 0.571 bits per heavy atom. The van der Waals surface area contributed by atoms with E-state index >= 15 is 0 Å². The minimum absolute atomic E-state index is 0.132. The van der Waals surface area contributed by atoms with Crippen molar-refractivity contribution >= 4 is 0 Å². The van der Waals surface area contributed by atoms with E-state index in [4.69, 9.17) is 22.9 Å². The second-order valence-corrected chi connectivity index (χ2v) is 4.96. The zero-order valence-electron chi connectivity index (χ0n) is 8.60. The van der Waals surface area contributed by atoms with Gasteiger partial charge in [-0.3, -0.25) is 0 Å². The van der Waals surface area contributed by atoms with Crippen LogP contribution < -0.4 is 22.9 Å². The normalized spacial score (nSPS) is 54.0. The summed E-state index contributed by atoms with van der Waals surface area (Å²) in [5, 5.41) is 0. The summed E-state index contributed by atoms with van der Waals surface area (Å²) in [6.07, 6.45) is 4.22. The smallest absolute Gasteiger partial charge is 0.0224 e. The Morgan fingerprint density at radius 3 is 1.29 bits per heavy atom. The summed E-state index contributed by atoms with van der Waals surface area (Å²) in [6.45, 7) is 0. The third kappa shape index (κ3) is 1.56. The zero-order chi connectivity index (χ0) is 10.3. The Morgan fingerprint density at radius 2 is 0.929 bits per heavy atom. The average molecular weight is 198 g/mol. The Hall–Kier alpha value is -0.160. The highest BCUT2D eigenvalue weighted by Gasteiger charge is 2.42. The fourth-order valence-electron chi connectivity index (χ4n) is 3.17. The molecule has 0 spiro atoms. The van der Waals surface area contributed by atoms with Gasteiger partial charge in [0.05, 0.1) is 0 Å². The molecule has 2 aliphatic rings. The molecule has 82 valence electrons. The van der Waals surface area contributed by atoms with Crippen LogP contribution in [-0.2, 0) is 0 Å². The van der Waals surface area contributed by atoms with Crippen molar-refractivity contribution in [3.8, 4) is 0 Å². The highest BCUT2D eigenvalue weighted by atomic mass is 14.9. The first-order valence-electron chi connectivity index (χ1n) is 5.63. The van der Waals surface area contributed by atoms with Crippen LogP contribution >= 0.6 is 0 Å². The van der Waals surface area contributed by atoms with Crippen LogP contribution in [0.1, 0.15) is 25.7 Å². The van der Waals surface area contributed by atoms with Gasteiger partial charge in [0, 0.05) is 24.2 Å². The first kappa shape index (κ1) is 10.4. The van der Waals surface area contributed by atoms with E-state index in [1.165, 1.54) is 0 Å². The second-order valence-electron chi connectivity index (χ2n) is 4.96. The monoisotopic (exact) mass is 198 g/mol. The van der Waals surface area contributed by atoms with Gasteiger partial charge in [-0.2, -0.15) is 0 Å². The lowest BCUT2D eigenvalue weighted by atomic mass is 9.64. The average Bonchev–Trinajstić information content (AvgIpc) is 2.17. The lowest BCUT2D eigenvalue weighted by Crippen LogP contribution is -2.61. The van der Waals surface area contributed by atoms with Crippen molar-refractivity contribution in [2.24, 2.45) is 34.8 Å². The lowest BCUT2D eigenvalue weighted by molar-refractivity contribution is 0.0995. The van der Waals surface area contributed by atoms with Gasteiger partial charge in [0.2, 0.25) is 0 Å². The van der Waals surface area contributed by atoms with E-state index in [-0.39, 0.29) is 24.2 Å². The molecule has 6 atom stereocenters. The molecule has 4 heteroatoms. The second kappa shape index (κ2) is 3.77. The van der Waals surface area contributed by atoms with Gasteiger partial charge in [-0.25, -0.2) is 0 Å². The molecule has 6 unspecified atom stereocenters. The molecule has 8 N–H and O–H groups in total. The molecule has 0 aromatic rings. The molecule has 2 saturated carbocycles. The van der Waals surface area contributed by atoms with Crippen molar-refractivity contribution in [3.63, 3.8) is 0 Å². The fourth-order valence-corrected chi connectivity index (χ4v) is 3.17. The van der Waals surface area contributed by atoms with Crippen molar-refractivity contribution in [2.45, 2.75) is 49.9 Å². The van der Waals surface area contributed by atoms with Crippen LogP contribution in [0.4, 0.5) is 0 Å². The Balaban J connectivity index is 2.10. The van der Waals surface area contributed by atoms with Crippen molar-refractivity contribution in [1.29, 1.82) is 0 Å². The number of fused-ring (bicyclic) bond motifs is 1. The van der Waals surface area contributed by atoms with Gasteiger partial charge in [-0.15, -0.1) is 0 Å². The first-order valence-corrected chi connectivity index (χ1v) is 5.63. The molecule has 2 aliphatic carbocycles. The van der Waals surface area contributed by atoms with Crippen LogP contribution in [0.25, 0.3) is 0 Å². The Kier molecular flexibility index (Phi) is 2.79. The molecule has 2 rings (SSSR count). The molecule has 2 fully saturated rings. The van der Waals surface area contributed by atoms with E-state index in [1.807, 2.05) is 0 Å². The number of hydrogen-bond acceptors (Lipinski definition) is 4. The standard InChI is InChI=1S/C10H22N4/c11-7-3-1-5-6(10(7)14)2-4-8(12)9(5)13/h5-10H,1-4,11-14H2. The summed E-state index contributed by atoms with van der Waals surface area (Å²) in [4.78, 5) is 0. The predicted molar refractivity (Wildman–Crippen MR) is 57.3 cm³/mol. The van der Waals surface area contributed by atoms with Crippen LogP contribution in [0.2, 0.25) is 0 Å². The molecule has 0 saturated heterocycles. The van der Waals surface area contributed by atoms with Crippen molar-refractivity contribution in [1.82, 2.24) is 0 Å². The number of hydrogen-bond donors (Lipinski definition) is 4. The van der Waals surface area contributed by atoms with Crippen LogP contribution in [0.5, 0.6) is 0 Å². The van der Waals surface area contributed by atoms with E-state index in [1.54, 1.807) is 0 Å². The maximum atomic E-state index is 6.12. The minimum atomic E-state index is 0.132. The van der Waals surface area contributed by atoms with Crippen LogP contribution in [0.15, 0.2) is 0 Å². The SMILES string of the molecule is NC1CCC2C(N)C(N)CCC2C1N. The summed E-state index contributed by atoms with van der Waals surface area (Å²) in [5.41, 5.74) is 24.2. The summed E-state index contributed by atoms with van der Waals surface area (Å²) in [7, 11) is 0. The molecule has 14 heavy (non-hydrogen) atoms. The molecule has 0 heterocycles. The van der Waals surface area contributed by atoms with E-state index in [0.717, 1.165) is 25.7 Å². The van der Waals surface area contributed by atoms with Gasteiger partial charge in [0.15, 0.2) is 0 Å². The highest BCUT2D eigenvalue weighted by Crippen LogP contribution is 2.38. The highest BCUT2D eigenvalue weighted by molar-refractivity contribution is 5.01. The molecule has 4 nitrogen and oxygen atoms in total. The van der Waals surface area contributed by atoms with Crippen molar-refractivity contribution in [2.75, 3.05) is 0 Å². The quantitative estimate of drug-likeness (QED) is 0.405.